The lowest BCUT2D eigenvalue weighted by Gasteiger charge is -2.18. The van der Waals surface area contributed by atoms with E-state index in [1.165, 1.54) is 462 Å². The van der Waals surface area contributed by atoms with Crippen LogP contribution < -0.4 is 0 Å². The second kappa shape index (κ2) is 95.1. The normalized spacial score (nSPS) is 12.1. The van der Waals surface area contributed by atoms with Crippen LogP contribution in [0.15, 0.2) is 0 Å². The molecule has 0 spiro atoms. The molecular weight excluding hydrogens is 1360 g/mol. The van der Waals surface area contributed by atoms with Crippen molar-refractivity contribution in [3.05, 3.63) is 0 Å². The van der Waals surface area contributed by atoms with Crippen LogP contribution in [-0.4, -0.2) is 39.6 Å². The predicted octanol–water partition coefficient (Wildman–Crippen LogP) is 37.3. The molecule has 107 heavy (non-hydrogen) atoms. The van der Waals surface area contributed by atoms with Crippen molar-refractivity contribution in [1.29, 1.82) is 0 Å². The maximum Gasteiger partial charge on any atom is 0.474 e. The SMILES string of the molecule is CCCCCCCCCCCCCCCCCCCCCCOP(=O)(OCCCCCCCCCCCCCCCCCCCCCC)OCCCCCCCCCOP(=O)(OCCCCCCCCCCCCCCCCCCCCCC)OCCCCCCCCCCCCCCCCCCCCCC. The van der Waals surface area contributed by atoms with Crippen LogP contribution in [0.1, 0.15) is 586 Å². The highest BCUT2D eigenvalue weighted by Gasteiger charge is 2.27. The van der Waals surface area contributed by atoms with Crippen LogP contribution in [-0.2, 0) is 36.3 Å². The van der Waals surface area contributed by atoms with Crippen molar-refractivity contribution in [2.75, 3.05) is 39.6 Å². The van der Waals surface area contributed by atoms with Crippen molar-refractivity contribution < 1.29 is 36.3 Å². The quantitative estimate of drug-likeness (QED) is 0.0440. The van der Waals surface area contributed by atoms with Crippen LogP contribution >= 0.6 is 15.6 Å². The van der Waals surface area contributed by atoms with E-state index in [4.69, 9.17) is 27.1 Å². The summed E-state index contributed by atoms with van der Waals surface area (Å²) in [5.41, 5.74) is 0. The summed E-state index contributed by atoms with van der Waals surface area (Å²) in [5, 5.41) is 0. The third-order valence-electron chi connectivity index (χ3n) is 23.3. The van der Waals surface area contributed by atoms with Gasteiger partial charge in [-0.25, -0.2) is 9.13 Å². The summed E-state index contributed by atoms with van der Waals surface area (Å²) in [5.74, 6) is 0. The Morgan fingerprint density at radius 1 is 0.112 bits per heavy atom. The van der Waals surface area contributed by atoms with Gasteiger partial charge in [0, 0.05) is 0 Å². The monoisotopic (exact) mass is 1550 g/mol. The number of hydrogen-bond acceptors (Lipinski definition) is 8. The Labute approximate surface area is 674 Å². The first-order valence-corrected chi connectivity index (χ1v) is 52.9. The zero-order chi connectivity index (χ0) is 77.0. The van der Waals surface area contributed by atoms with Gasteiger partial charge in [-0.15, -0.1) is 0 Å². The van der Waals surface area contributed by atoms with Gasteiger partial charge in [-0.3, -0.25) is 27.1 Å². The third-order valence-corrected chi connectivity index (χ3v) is 26.3. The Bertz CT molecular complexity index is 1470. The van der Waals surface area contributed by atoms with Gasteiger partial charge in [0.2, 0.25) is 0 Å². The van der Waals surface area contributed by atoms with E-state index >= 15 is 0 Å². The number of phosphoric ester groups is 2. The average molecular weight is 1550 g/mol. The van der Waals surface area contributed by atoms with Crippen molar-refractivity contribution in [3.8, 4) is 0 Å². The molecule has 0 aliphatic carbocycles. The van der Waals surface area contributed by atoms with Crippen LogP contribution in [0.3, 0.4) is 0 Å². The minimum absolute atomic E-state index is 0.401. The summed E-state index contributed by atoms with van der Waals surface area (Å²) in [4.78, 5) is 0. The molecule has 0 bridgehead atoms. The molecule has 10 heteroatoms. The summed E-state index contributed by atoms with van der Waals surface area (Å²) in [6, 6.07) is 0. The first-order chi connectivity index (χ1) is 52.9. The van der Waals surface area contributed by atoms with Crippen LogP contribution in [0.5, 0.6) is 0 Å². The molecule has 0 amide bonds. The molecule has 0 rings (SSSR count). The van der Waals surface area contributed by atoms with E-state index in [0.29, 0.717) is 39.6 Å². The molecule has 0 saturated carbocycles. The maximum absolute atomic E-state index is 14.0. The fourth-order valence-electron chi connectivity index (χ4n) is 15.8. The van der Waals surface area contributed by atoms with E-state index in [1.54, 1.807) is 0 Å². The fraction of sp³-hybridized carbons (Fsp3) is 1.00. The van der Waals surface area contributed by atoms with Crippen molar-refractivity contribution in [3.63, 3.8) is 0 Å². The Balaban J connectivity index is 4.76. The topological polar surface area (TPSA) is 89.5 Å². The zero-order valence-electron chi connectivity index (χ0n) is 73.9. The van der Waals surface area contributed by atoms with E-state index in [1.807, 2.05) is 0 Å². The van der Waals surface area contributed by atoms with E-state index in [2.05, 4.69) is 27.7 Å². The van der Waals surface area contributed by atoms with Gasteiger partial charge in [-0.1, -0.05) is 548 Å². The highest BCUT2D eigenvalue weighted by molar-refractivity contribution is 7.48. The van der Waals surface area contributed by atoms with E-state index in [9.17, 15) is 9.13 Å². The zero-order valence-corrected chi connectivity index (χ0v) is 75.7. The second-order valence-electron chi connectivity index (χ2n) is 34.2. The van der Waals surface area contributed by atoms with E-state index < -0.39 is 15.6 Å². The molecule has 0 aliphatic heterocycles. The summed E-state index contributed by atoms with van der Waals surface area (Å²) < 4.78 is 64.3. The van der Waals surface area contributed by atoms with Gasteiger partial charge >= 0.3 is 15.6 Å². The smallest absolute Gasteiger partial charge is 0.287 e. The molecule has 644 valence electrons. The summed E-state index contributed by atoms with van der Waals surface area (Å²) in [6.45, 7) is 11.8. The first kappa shape index (κ1) is 107. The van der Waals surface area contributed by atoms with Gasteiger partial charge < -0.3 is 0 Å². The minimum atomic E-state index is -3.61. The van der Waals surface area contributed by atoms with Crippen molar-refractivity contribution >= 4 is 15.6 Å². The molecule has 0 fully saturated rings. The Morgan fingerprint density at radius 2 is 0.178 bits per heavy atom. The largest absolute Gasteiger partial charge is 0.474 e. The summed E-state index contributed by atoms with van der Waals surface area (Å²) in [6.07, 6.45) is 115. The Hall–Kier alpha value is 0.220. The van der Waals surface area contributed by atoms with Gasteiger partial charge in [0.1, 0.15) is 0 Å². The third kappa shape index (κ3) is 91.6. The van der Waals surface area contributed by atoms with Gasteiger partial charge in [0.25, 0.3) is 0 Å². The van der Waals surface area contributed by atoms with Crippen molar-refractivity contribution in [2.24, 2.45) is 0 Å². The summed E-state index contributed by atoms with van der Waals surface area (Å²) in [7, 11) is -7.22. The van der Waals surface area contributed by atoms with Crippen LogP contribution in [0.25, 0.3) is 0 Å². The lowest BCUT2D eigenvalue weighted by Crippen LogP contribution is -2.04. The van der Waals surface area contributed by atoms with Crippen LogP contribution in [0.2, 0.25) is 0 Å². The molecule has 0 atom stereocenters. The maximum atomic E-state index is 14.0. The molecule has 0 N–H and O–H groups in total. The molecule has 8 nitrogen and oxygen atoms in total. The predicted molar refractivity (Wildman–Crippen MR) is 475 cm³/mol. The molecular formula is C97H198O8P2. The highest BCUT2D eigenvalue weighted by Crippen LogP contribution is 2.51. The second-order valence-corrected chi connectivity index (χ2v) is 37.6. The molecule has 0 aromatic rings. The molecule has 0 unspecified atom stereocenters. The van der Waals surface area contributed by atoms with E-state index in [-0.39, 0.29) is 0 Å². The van der Waals surface area contributed by atoms with E-state index in [0.717, 1.165) is 96.3 Å². The average Bonchev–Trinajstić information content (AvgIpc) is 0.919. The molecule has 0 radical (unpaired) electrons. The molecule has 0 aromatic heterocycles. The van der Waals surface area contributed by atoms with Crippen molar-refractivity contribution in [2.45, 2.75) is 586 Å². The van der Waals surface area contributed by atoms with Gasteiger partial charge in [0.05, 0.1) is 39.6 Å². The Morgan fingerprint density at radius 3 is 0.252 bits per heavy atom. The number of phosphoric acid groups is 2. The molecule has 0 aliphatic rings. The number of unbranched alkanes of at least 4 members (excludes halogenated alkanes) is 82. The van der Waals surface area contributed by atoms with Gasteiger partial charge in [-0.05, 0) is 38.5 Å². The fourth-order valence-corrected chi connectivity index (χ4v) is 18.4. The number of hydrogen-bond donors (Lipinski definition) is 0. The number of rotatable bonds is 100. The molecule has 0 saturated heterocycles. The standard InChI is InChI=1S/C97H198O8P2/c1-5-9-13-17-21-25-29-33-37-41-45-49-53-57-61-65-69-74-80-86-92-100-106(98,101-93-87-81-75-70-66-62-58-54-50-46-42-38-34-30-26-22-18-14-10-6-2)104-96-90-84-78-73-79-85-91-97-105-107(99,102-94-88-82-76-71-67-63-59-55-51-47-43-39-35-31-27-23-19-15-11-7-3)103-95-89-83-77-72-68-64-60-56-52-48-44-40-36-32-28-24-20-16-12-8-4/h5-97H2,1-4H3. The van der Waals surface area contributed by atoms with Crippen LogP contribution in [0, 0.1) is 0 Å². The summed E-state index contributed by atoms with van der Waals surface area (Å²) >= 11 is 0. The Kier molecular flexibility index (Phi) is 95.3. The van der Waals surface area contributed by atoms with Crippen LogP contribution in [0.4, 0.5) is 0 Å². The lowest BCUT2D eigenvalue weighted by molar-refractivity contribution is 0.108. The highest BCUT2D eigenvalue weighted by atomic mass is 31.2. The lowest BCUT2D eigenvalue weighted by atomic mass is 10.0. The molecule has 0 aromatic carbocycles. The van der Waals surface area contributed by atoms with Gasteiger partial charge in [-0.2, -0.15) is 0 Å². The van der Waals surface area contributed by atoms with Crippen molar-refractivity contribution in [1.82, 2.24) is 0 Å². The first-order valence-electron chi connectivity index (χ1n) is 50.0. The molecule has 0 heterocycles. The minimum Gasteiger partial charge on any atom is -0.287 e. The van der Waals surface area contributed by atoms with Gasteiger partial charge in [0.15, 0.2) is 0 Å².